The van der Waals surface area contributed by atoms with Crippen molar-refractivity contribution in [3.8, 4) is 0 Å². The molecule has 2 aliphatic heterocycles. The van der Waals surface area contributed by atoms with Gasteiger partial charge in [-0.3, -0.25) is 10.2 Å². The van der Waals surface area contributed by atoms with E-state index in [0.717, 1.165) is 49.3 Å². The largest absolute Gasteiger partial charge is 0.367 e. The molecule has 1 aliphatic carbocycles. The van der Waals surface area contributed by atoms with Gasteiger partial charge in [0.1, 0.15) is 0 Å². The number of halogens is 2. The van der Waals surface area contributed by atoms with Crippen molar-refractivity contribution in [1.29, 1.82) is 0 Å². The summed E-state index contributed by atoms with van der Waals surface area (Å²) in [5, 5.41) is 3.42. The number of hydrogen-bond donors (Lipinski definition) is 1. The van der Waals surface area contributed by atoms with Crippen LogP contribution >= 0.6 is 23.2 Å². The number of carbonyl (C=O) groups is 1. The molecule has 1 saturated carbocycles. The SMILES string of the molecule is CC1=C(C(=O)NN2CCCCC2)CC(c2ccc(Cl)cc2Cl)N1CC1CCCCC1. The molecule has 0 bridgehead atoms. The van der Waals surface area contributed by atoms with E-state index in [-0.39, 0.29) is 11.9 Å². The quantitative estimate of drug-likeness (QED) is 0.588. The molecule has 6 heteroatoms. The van der Waals surface area contributed by atoms with Gasteiger partial charge in [-0.25, -0.2) is 5.01 Å². The first-order valence-corrected chi connectivity index (χ1v) is 12.3. The fourth-order valence-corrected chi connectivity index (χ4v) is 5.83. The van der Waals surface area contributed by atoms with Crippen LogP contribution in [0.4, 0.5) is 0 Å². The number of piperidine rings is 1. The van der Waals surface area contributed by atoms with E-state index in [9.17, 15) is 4.79 Å². The number of benzene rings is 1. The van der Waals surface area contributed by atoms with E-state index in [1.54, 1.807) is 0 Å². The van der Waals surface area contributed by atoms with Crippen molar-refractivity contribution in [2.45, 2.75) is 70.8 Å². The van der Waals surface area contributed by atoms with Crippen LogP contribution in [0.15, 0.2) is 29.5 Å². The molecule has 1 amide bonds. The van der Waals surface area contributed by atoms with Gasteiger partial charge in [0.05, 0.1) is 6.04 Å². The lowest BCUT2D eigenvalue weighted by Crippen LogP contribution is -2.45. The number of nitrogens with one attached hydrogen (secondary N) is 1. The highest BCUT2D eigenvalue weighted by Gasteiger charge is 2.36. The number of hydrogen-bond acceptors (Lipinski definition) is 3. The third-order valence-electron chi connectivity index (χ3n) is 7.03. The summed E-state index contributed by atoms with van der Waals surface area (Å²) in [7, 11) is 0. The summed E-state index contributed by atoms with van der Waals surface area (Å²) >= 11 is 12.8. The van der Waals surface area contributed by atoms with Crippen LogP contribution in [0.5, 0.6) is 0 Å². The predicted molar refractivity (Wildman–Crippen MR) is 123 cm³/mol. The van der Waals surface area contributed by atoms with E-state index in [2.05, 4.69) is 22.3 Å². The Morgan fingerprint density at radius 2 is 1.77 bits per heavy atom. The van der Waals surface area contributed by atoms with E-state index in [0.29, 0.717) is 22.4 Å². The van der Waals surface area contributed by atoms with Gasteiger partial charge >= 0.3 is 0 Å². The normalized spacial score (nSPS) is 23.8. The van der Waals surface area contributed by atoms with Crippen LogP contribution in [0.2, 0.25) is 10.0 Å². The molecule has 4 nitrogen and oxygen atoms in total. The Morgan fingerprint density at radius 3 is 2.47 bits per heavy atom. The zero-order valence-corrected chi connectivity index (χ0v) is 19.4. The zero-order chi connectivity index (χ0) is 21.1. The van der Waals surface area contributed by atoms with Gasteiger partial charge in [-0.2, -0.15) is 0 Å². The zero-order valence-electron chi connectivity index (χ0n) is 17.9. The highest BCUT2D eigenvalue weighted by atomic mass is 35.5. The lowest BCUT2D eigenvalue weighted by molar-refractivity contribution is -0.122. The van der Waals surface area contributed by atoms with Crippen LogP contribution in [0.3, 0.4) is 0 Å². The molecule has 2 heterocycles. The summed E-state index contributed by atoms with van der Waals surface area (Å²) in [6, 6.07) is 5.85. The number of carbonyl (C=O) groups excluding carboxylic acids is 1. The first kappa shape index (κ1) is 22.0. The molecule has 0 radical (unpaired) electrons. The van der Waals surface area contributed by atoms with Crippen LogP contribution < -0.4 is 5.43 Å². The van der Waals surface area contributed by atoms with E-state index < -0.39 is 0 Å². The smallest absolute Gasteiger partial charge is 0.263 e. The minimum Gasteiger partial charge on any atom is -0.367 e. The standard InChI is InChI=1S/C24H33Cl2N3O/c1-17-21(24(30)27-28-12-6-3-7-13-28)15-23(20-11-10-19(25)14-22(20)26)29(17)16-18-8-4-2-5-9-18/h10-11,14,18,23H,2-9,12-13,15-16H2,1H3,(H,27,30). The average Bonchev–Trinajstić information content (AvgIpc) is 3.06. The minimum absolute atomic E-state index is 0.0515. The number of rotatable bonds is 5. The maximum Gasteiger partial charge on any atom is 0.263 e. The van der Waals surface area contributed by atoms with Crippen LogP contribution in [0, 0.1) is 5.92 Å². The lowest BCUT2D eigenvalue weighted by atomic mass is 9.88. The summed E-state index contributed by atoms with van der Waals surface area (Å²) in [5.74, 6) is 0.738. The molecular weight excluding hydrogens is 417 g/mol. The van der Waals surface area contributed by atoms with E-state index in [1.165, 1.54) is 38.5 Å². The summed E-state index contributed by atoms with van der Waals surface area (Å²) in [6.07, 6.45) is 10.8. The van der Waals surface area contributed by atoms with Crippen LogP contribution in [0.25, 0.3) is 0 Å². The number of nitrogens with zero attached hydrogens (tertiary/aromatic N) is 2. The van der Waals surface area contributed by atoms with Gasteiger partial charge in [0.25, 0.3) is 5.91 Å². The highest BCUT2D eigenvalue weighted by Crippen LogP contribution is 2.43. The van der Waals surface area contributed by atoms with Crippen molar-refractivity contribution in [2.75, 3.05) is 19.6 Å². The third kappa shape index (κ3) is 4.98. The summed E-state index contributed by atoms with van der Waals surface area (Å²) in [4.78, 5) is 15.6. The average molecular weight is 450 g/mol. The minimum atomic E-state index is 0.0515. The van der Waals surface area contributed by atoms with Gasteiger partial charge in [0.2, 0.25) is 0 Å². The molecule has 164 valence electrons. The van der Waals surface area contributed by atoms with Gasteiger partial charge in [-0.05, 0) is 56.2 Å². The molecule has 0 spiro atoms. The number of hydrazine groups is 1. The van der Waals surface area contributed by atoms with Crippen molar-refractivity contribution in [3.05, 3.63) is 45.1 Å². The molecule has 3 aliphatic rings. The van der Waals surface area contributed by atoms with E-state index in [4.69, 9.17) is 23.2 Å². The second-order valence-corrected chi connectivity index (χ2v) is 9.94. The Balaban J connectivity index is 1.57. The van der Waals surface area contributed by atoms with Crippen molar-refractivity contribution in [1.82, 2.24) is 15.3 Å². The Labute approximate surface area is 190 Å². The van der Waals surface area contributed by atoms with Crippen molar-refractivity contribution in [2.24, 2.45) is 5.92 Å². The van der Waals surface area contributed by atoms with Crippen LogP contribution in [-0.2, 0) is 4.79 Å². The summed E-state index contributed by atoms with van der Waals surface area (Å²) < 4.78 is 0. The maximum absolute atomic E-state index is 13.2. The highest BCUT2D eigenvalue weighted by molar-refractivity contribution is 6.35. The van der Waals surface area contributed by atoms with Gasteiger partial charge in [-0.15, -0.1) is 0 Å². The van der Waals surface area contributed by atoms with E-state index >= 15 is 0 Å². The monoisotopic (exact) mass is 449 g/mol. The Morgan fingerprint density at radius 1 is 1.07 bits per heavy atom. The number of allylic oxidation sites excluding steroid dienone is 1. The second kappa shape index (κ2) is 9.93. The van der Waals surface area contributed by atoms with Crippen molar-refractivity contribution < 1.29 is 4.79 Å². The first-order valence-electron chi connectivity index (χ1n) is 11.5. The molecule has 1 atom stereocenters. The fraction of sp³-hybridized carbons (Fsp3) is 0.625. The van der Waals surface area contributed by atoms with Gasteiger partial charge in [0.15, 0.2) is 0 Å². The fourth-order valence-electron chi connectivity index (χ4n) is 5.29. The number of amides is 1. The molecule has 1 unspecified atom stereocenters. The van der Waals surface area contributed by atoms with Gasteiger partial charge in [-0.1, -0.05) is 55.0 Å². The molecule has 1 aromatic carbocycles. The third-order valence-corrected chi connectivity index (χ3v) is 7.59. The van der Waals surface area contributed by atoms with Crippen LogP contribution in [-0.4, -0.2) is 35.5 Å². The van der Waals surface area contributed by atoms with Crippen molar-refractivity contribution in [3.63, 3.8) is 0 Å². The molecule has 1 aromatic rings. The molecule has 4 rings (SSSR count). The molecule has 1 N–H and O–H groups in total. The van der Waals surface area contributed by atoms with E-state index in [1.807, 2.05) is 18.2 Å². The topological polar surface area (TPSA) is 35.6 Å². The summed E-state index contributed by atoms with van der Waals surface area (Å²) in [6.45, 7) is 4.99. The molecule has 0 aromatic heterocycles. The Kier molecular flexibility index (Phi) is 7.28. The van der Waals surface area contributed by atoms with Crippen LogP contribution in [0.1, 0.15) is 76.3 Å². The molecule has 30 heavy (non-hydrogen) atoms. The van der Waals surface area contributed by atoms with Gasteiger partial charge < -0.3 is 4.90 Å². The van der Waals surface area contributed by atoms with Gasteiger partial charge in [0, 0.05) is 47.4 Å². The Hall–Kier alpha value is -1.23. The predicted octanol–water partition coefficient (Wildman–Crippen LogP) is 6.11. The Bertz CT molecular complexity index is 798. The lowest BCUT2D eigenvalue weighted by Gasteiger charge is -2.34. The molecule has 2 fully saturated rings. The first-order chi connectivity index (χ1) is 14.5. The summed E-state index contributed by atoms with van der Waals surface area (Å²) in [5.41, 5.74) is 6.23. The molecule has 1 saturated heterocycles. The second-order valence-electron chi connectivity index (χ2n) is 9.09. The van der Waals surface area contributed by atoms with Crippen molar-refractivity contribution >= 4 is 29.1 Å². The maximum atomic E-state index is 13.2. The molecular formula is C24H33Cl2N3O.